The molecule has 0 bridgehead atoms. The average Bonchev–Trinajstić information content (AvgIpc) is 2.92. The van der Waals surface area contributed by atoms with Crippen molar-refractivity contribution in [3.05, 3.63) is 102 Å². The summed E-state index contributed by atoms with van der Waals surface area (Å²) in [6, 6.07) is 26.7. The first-order chi connectivity index (χ1) is 17.1. The molecule has 1 aliphatic rings. The fourth-order valence-electron chi connectivity index (χ4n) is 4.80. The van der Waals surface area contributed by atoms with Crippen LogP contribution < -0.4 is 11.1 Å². The van der Waals surface area contributed by atoms with E-state index in [1.165, 1.54) is 0 Å². The van der Waals surface area contributed by atoms with Gasteiger partial charge in [-0.05, 0) is 42.2 Å². The Morgan fingerprint density at radius 3 is 2.49 bits per heavy atom. The van der Waals surface area contributed by atoms with E-state index >= 15 is 0 Å². The number of nitrogens with one attached hydrogen (secondary N) is 1. The largest absolute Gasteiger partial charge is 0.350 e. The minimum Gasteiger partial charge on any atom is -0.350 e. The summed E-state index contributed by atoms with van der Waals surface area (Å²) in [5.74, 6) is -0.257. The van der Waals surface area contributed by atoms with E-state index < -0.39 is 0 Å². The predicted molar refractivity (Wildman–Crippen MR) is 138 cm³/mol. The molecule has 1 fully saturated rings. The first-order valence-electron chi connectivity index (χ1n) is 11.9. The quantitative estimate of drug-likeness (QED) is 0.462. The molecule has 3 N–H and O–H groups in total. The predicted octanol–water partition coefficient (Wildman–Crippen LogP) is 4.26. The molecule has 1 aromatic heterocycles. The molecule has 5 rings (SSSR count). The van der Waals surface area contributed by atoms with E-state index in [9.17, 15) is 9.59 Å². The van der Waals surface area contributed by atoms with E-state index in [0.29, 0.717) is 29.7 Å². The third-order valence-electron chi connectivity index (χ3n) is 6.62. The molecular formula is C29H28N4O2. The van der Waals surface area contributed by atoms with Crippen molar-refractivity contribution in [1.29, 1.82) is 0 Å². The third-order valence-corrected chi connectivity index (χ3v) is 6.62. The number of rotatable bonds is 5. The van der Waals surface area contributed by atoms with Crippen molar-refractivity contribution < 1.29 is 9.59 Å². The number of benzene rings is 3. The van der Waals surface area contributed by atoms with E-state index in [0.717, 1.165) is 29.4 Å². The number of hydrogen-bond donors (Lipinski definition) is 2. The number of aromatic nitrogens is 1. The Bertz CT molecular complexity index is 1350. The van der Waals surface area contributed by atoms with Crippen LogP contribution >= 0.6 is 0 Å². The lowest BCUT2D eigenvalue weighted by atomic mass is 9.94. The Balaban J connectivity index is 1.37. The highest BCUT2D eigenvalue weighted by Gasteiger charge is 2.32. The first-order valence-corrected chi connectivity index (χ1v) is 11.9. The molecule has 6 nitrogen and oxygen atoms in total. The summed E-state index contributed by atoms with van der Waals surface area (Å²) in [6.07, 6.45) is 3.22. The minimum absolute atomic E-state index is 0.0642. The lowest BCUT2D eigenvalue weighted by Crippen LogP contribution is -2.55. The zero-order valence-electron chi connectivity index (χ0n) is 19.4. The van der Waals surface area contributed by atoms with Gasteiger partial charge in [0, 0.05) is 42.3 Å². The highest BCUT2D eigenvalue weighted by molar-refractivity contribution is 6.05. The van der Waals surface area contributed by atoms with Gasteiger partial charge < -0.3 is 16.0 Å². The van der Waals surface area contributed by atoms with Crippen LogP contribution in [0.4, 0.5) is 0 Å². The molecule has 0 saturated carbocycles. The van der Waals surface area contributed by atoms with Gasteiger partial charge in [-0.1, -0.05) is 66.7 Å². The van der Waals surface area contributed by atoms with Crippen molar-refractivity contribution in [3.8, 4) is 11.1 Å². The van der Waals surface area contributed by atoms with E-state index in [4.69, 9.17) is 5.73 Å². The molecular weight excluding hydrogens is 436 g/mol. The topological polar surface area (TPSA) is 88.3 Å². The smallest absolute Gasteiger partial charge is 0.254 e. The maximum atomic E-state index is 13.8. The van der Waals surface area contributed by atoms with E-state index in [-0.39, 0.29) is 23.9 Å². The summed E-state index contributed by atoms with van der Waals surface area (Å²) < 4.78 is 0. The minimum atomic E-state index is -0.193. The van der Waals surface area contributed by atoms with Crippen LogP contribution in [0.5, 0.6) is 0 Å². The number of nitrogens with zero attached hydrogens (tertiary/aromatic N) is 2. The van der Waals surface area contributed by atoms with Crippen LogP contribution in [0.1, 0.15) is 33.6 Å². The van der Waals surface area contributed by atoms with Crippen molar-refractivity contribution in [2.75, 3.05) is 13.1 Å². The van der Waals surface area contributed by atoms with Gasteiger partial charge in [0.2, 0.25) is 0 Å². The van der Waals surface area contributed by atoms with Gasteiger partial charge in [0.15, 0.2) is 0 Å². The van der Waals surface area contributed by atoms with Crippen LogP contribution in [0.15, 0.2) is 91.1 Å². The number of piperidine rings is 1. The lowest BCUT2D eigenvalue weighted by Gasteiger charge is -2.39. The number of para-hydroxylation sites is 1. The van der Waals surface area contributed by atoms with Crippen LogP contribution in [0, 0.1) is 0 Å². The number of fused-ring (bicyclic) bond motifs is 1. The Kier molecular flexibility index (Phi) is 6.55. The van der Waals surface area contributed by atoms with Crippen LogP contribution in [-0.4, -0.2) is 46.9 Å². The number of nitrogens with two attached hydrogens (primary N) is 1. The maximum absolute atomic E-state index is 13.8. The highest BCUT2D eigenvalue weighted by Crippen LogP contribution is 2.27. The zero-order valence-corrected chi connectivity index (χ0v) is 19.4. The van der Waals surface area contributed by atoms with Crippen LogP contribution in [-0.2, 0) is 0 Å². The van der Waals surface area contributed by atoms with Crippen molar-refractivity contribution in [3.63, 3.8) is 0 Å². The van der Waals surface area contributed by atoms with E-state index in [1.807, 2.05) is 83.8 Å². The van der Waals surface area contributed by atoms with Gasteiger partial charge in [-0.15, -0.1) is 0 Å². The van der Waals surface area contributed by atoms with Gasteiger partial charge in [0.1, 0.15) is 0 Å². The molecule has 0 spiro atoms. The summed E-state index contributed by atoms with van der Waals surface area (Å²) in [5, 5.41) is 3.96. The zero-order chi connectivity index (χ0) is 24.2. The summed E-state index contributed by atoms with van der Waals surface area (Å²) in [4.78, 5) is 33.1. The van der Waals surface area contributed by atoms with Gasteiger partial charge in [-0.3, -0.25) is 14.6 Å². The second-order valence-electron chi connectivity index (χ2n) is 8.95. The van der Waals surface area contributed by atoms with E-state index in [1.54, 1.807) is 12.3 Å². The average molecular weight is 465 g/mol. The summed E-state index contributed by atoms with van der Waals surface area (Å²) in [5.41, 5.74) is 10.00. The molecule has 2 amide bonds. The lowest BCUT2D eigenvalue weighted by molar-refractivity contribution is 0.0579. The maximum Gasteiger partial charge on any atom is 0.254 e. The molecule has 2 heterocycles. The number of hydrogen-bond acceptors (Lipinski definition) is 4. The molecule has 35 heavy (non-hydrogen) atoms. The number of carbonyl (C=O) groups excluding carboxylic acids is 2. The normalized spacial score (nSPS) is 17.8. The van der Waals surface area contributed by atoms with Crippen molar-refractivity contribution in [1.82, 2.24) is 15.2 Å². The molecule has 2 unspecified atom stereocenters. The third kappa shape index (κ3) is 4.79. The molecule has 2 atom stereocenters. The first kappa shape index (κ1) is 22.7. The monoisotopic (exact) mass is 464 g/mol. The number of amides is 2. The van der Waals surface area contributed by atoms with Crippen molar-refractivity contribution >= 4 is 22.7 Å². The second kappa shape index (κ2) is 10.1. The molecule has 1 saturated heterocycles. The molecule has 6 heteroatoms. The van der Waals surface area contributed by atoms with Crippen LogP contribution in [0.3, 0.4) is 0 Å². The summed E-state index contributed by atoms with van der Waals surface area (Å²) in [7, 11) is 0. The van der Waals surface area contributed by atoms with Gasteiger partial charge in [0.25, 0.3) is 11.8 Å². The fourth-order valence-corrected chi connectivity index (χ4v) is 4.80. The molecule has 0 radical (unpaired) electrons. The molecule has 1 aliphatic heterocycles. The Morgan fingerprint density at radius 1 is 0.886 bits per heavy atom. The Morgan fingerprint density at radius 2 is 1.63 bits per heavy atom. The molecule has 4 aromatic rings. The van der Waals surface area contributed by atoms with Gasteiger partial charge >= 0.3 is 0 Å². The fraction of sp³-hybridized carbons (Fsp3) is 0.207. The molecule has 176 valence electrons. The Labute approximate surface area is 204 Å². The van der Waals surface area contributed by atoms with Gasteiger partial charge in [-0.25, -0.2) is 0 Å². The summed E-state index contributed by atoms with van der Waals surface area (Å²) in [6.45, 7) is 0.812. The molecule has 0 aliphatic carbocycles. The SMILES string of the molecule is NC1CCC(CNC(=O)c2cccc3cccnc23)N(C(=O)c2ccccc2-c2ccccc2)C1. The second-order valence-corrected chi connectivity index (χ2v) is 8.95. The van der Waals surface area contributed by atoms with E-state index in [2.05, 4.69) is 10.3 Å². The molecule has 3 aromatic carbocycles. The standard InChI is InChI=1S/C29H28N4O2/c30-22-15-16-23(18-32-28(34)26-14-6-10-21-11-7-17-31-27(21)26)33(19-22)29(35)25-13-5-4-12-24(25)20-8-2-1-3-9-20/h1-14,17,22-23H,15-16,18-19,30H2,(H,32,34). The van der Waals surface area contributed by atoms with Gasteiger partial charge in [0.05, 0.1) is 11.1 Å². The Hall–Kier alpha value is -4.03. The number of pyridine rings is 1. The van der Waals surface area contributed by atoms with Crippen molar-refractivity contribution in [2.45, 2.75) is 24.9 Å². The summed E-state index contributed by atoms with van der Waals surface area (Å²) >= 11 is 0. The van der Waals surface area contributed by atoms with Crippen LogP contribution in [0.2, 0.25) is 0 Å². The highest BCUT2D eigenvalue weighted by atomic mass is 16.2. The van der Waals surface area contributed by atoms with Crippen molar-refractivity contribution in [2.24, 2.45) is 5.73 Å². The van der Waals surface area contributed by atoms with Crippen LogP contribution in [0.25, 0.3) is 22.0 Å². The van der Waals surface area contributed by atoms with Gasteiger partial charge in [-0.2, -0.15) is 0 Å². The number of likely N-dealkylation sites (tertiary alicyclic amines) is 1. The number of carbonyl (C=O) groups is 2.